The lowest BCUT2D eigenvalue weighted by Gasteiger charge is -2.30. The maximum absolute atomic E-state index is 13.7. The Balaban J connectivity index is 1.46. The second kappa shape index (κ2) is 19.0. The summed E-state index contributed by atoms with van der Waals surface area (Å²) in [5.41, 5.74) is 4.59. The van der Waals surface area contributed by atoms with Gasteiger partial charge in [-0.25, -0.2) is 9.59 Å². The molecule has 0 spiro atoms. The molecule has 4 N–H and O–H groups in total. The van der Waals surface area contributed by atoms with Gasteiger partial charge in [0.05, 0.1) is 35.4 Å². The predicted octanol–water partition coefficient (Wildman–Crippen LogP) is 4.76. The SMILES string of the molecule is Cc1ncc(COC(=O)N[C@H](C(=O)N[C@@H](Cc2ccccc2)[C@@H](O)C[C@H](Cc2ccccc2)NC(=O)OCc2cccnc2)C(C)C)nc1C. The van der Waals surface area contributed by atoms with Gasteiger partial charge in [-0.3, -0.25) is 19.7 Å². The zero-order chi connectivity index (χ0) is 35.9. The van der Waals surface area contributed by atoms with Crippen molar-refractivity contribution in [3.8, 4) is 0 Å². The number of nitrogens with zero attached hydrogens (tertiary/aromatic N) is 3. The van der Waals surface area contributed by atoms with Crippen LogP contribution in [0.2, 0.25) is 0 Å². The van der Waals surface area contributed by atoms with E-state index in [4.69, 9.17) is 9.47 Å². The van der Waals surface area contributed by atoms with Crippen LogP contribution in [-0.4, -0.2) is 62.4 Å². The molecular weight excluding hydrogens is 636 g/mol. The molecule has 50 heavy (non-hydrogen) atoms. The Morgan fingerprint density at radius 2 is 1.36 bits per heavy atom. The van der Waals surface area contributed by atoms with Crippen molar-refractivity contribution in [3.05, 3.63) is 125 Å². The fourth-order valence-corrected chi connectivity index (χ4v) is 5.31. The Morgan fingerprint density at radius 3 is 1.98 bits per heavy atom. The van der Waals surface area contributed by atoms with Crippen LogP contribution in [-0.2, 0) is 40.3 Å². The molecule has 0 aliphatic heterocycles. The molecule has 2 aromatic carbocycles. The van der Waals surface area contributed by atoms with E-state index >= 15 is 0 Å². The summed E-state index contributed by atoms with van der Waals surface area (Å²) in [5, 5.41) is 20.2. The van der Waals surface area contributed by atoms with Gasteiger partial charge in [-0.1, -0.05) is 80.6 Å². The number of amides is 3. The summed E-state index contributed by atoms with van der Waals surface area (Å²) in [6.07, 6.45) is 3.11. The number of carbonyl (C=O) groups is 3. The fraction of sp³-hybridized carbons (Fsp3) is 0.368. The Labute approximate surface area is 293 Å². The zero-order valence-electron chi connectivity index (χ0n) is 28.9. The summed E-state index contributed by atoms with van der Waals surface area (Å²) in [4.78, 5) is 52.1. The molecule has 12 nitrogen and oxygen atoms in total. The van der Waals surface area contributed by atoms with Crippen molar-refractivity contribution < 1.29 is 29.0 Å². The molecule has 2 aromatic heterocycles. The number of pyridine rings is 1. The van der Waals surface area contributed by atoms with Gasteiger partial charge in [-0.05, 0) is 56.2 Å². The smallest absolute Gasteiger partial charge is 0.408 e. The van der Waals surface area contributed by atoms with E-state index in [0.717, 1.165) is 28.1 Å². The molecule has 4 aromatic rings. The van der Waals surface area contributed by atoms with Crippen LogP contribution in [0.15, 0.2) is 91.4 Å². The molecule has 4 rings (SSSR count). The highest BCUT2D eigenvalue weighted by Crippen LogP contribution is 2.16. The Hall–Kier alpha value is -5.36. The van der Waals surface area contributed by atoms with E-state index in [1.165, 1.54) is 6.20 Å². The third-order valence-corrected chi connectivity index (χ3v) is 8.17. The number of nitrogens with one attached hydrogen (secondary N) is 3. The van der Waals surface area contributed by atoms with Gasteiger partial charge < -0.3 is 30.5 Å². The van der Waals surface area contributed by atoms with Crippen LogP contribution in [0, 0.1) is 19.8 Å². The van der Waals surface area contributed by atoms with Gasteiger partial charge in [-0.15, -0.1) is 0 Å². The molecule has 0 saturated heterocycles. The van der Waals surface area contributed by atoms with Crippen molar-refractivity contribution in [2.75, 3.05) is 0 Å². The van der Waals surface area contributed by atoms with E-state index in [2.05, 4.69) is 30.9 Å². The van der Waals surface area contributed by atoms with Crippen molar-refractivity contribution in [1.82, 2.24) is 30.9 Å². The number of aryl methyl sites for hydroxylation is 2. The quantitative estimate of drug-likeness (QED) is 0.131. The molecule has 0 aliphatic carbocycles. The van der Waals surface area contributed by atoms with E-state index in [1.54, 1.807) is 38.4 Å². The van der Waals surface area contributed by atoms with Gasteiger partial charge in [0.2, 0.25) is 5.91 Å². The Bertz CT molecular complexity index is 1660. The van der Waals surface area contributed by atoms with Crippen LogP contribution in [0.3, 0.4) is 0 Å². The number of rotatable bonds is 16. The van der Waals surface area contributed by atoms with Gasteiger partial charge in [0.15, 0.2) is 0 Å². The highest BCUT2D eigenvalue weighted by atomic mass is 16.6. The van der Waals surface area contributed by atoms with E-state index in [-0.39, 0.29) is 25.6 Å². The lowest BCUT2D eigenvalue weighted by Crippen LogP contribution is -2.56. The molecule has 0 saturated carbocycles. The molecular formula is C38H46N6O6. The molecule has 2 heterocycles. The van der Waals surface area contributed by atoms with Crippen LogP contribution >= 0.6 is 0 Å². The second-order valence-electron chi connectivity index (χ2n) is 12.6. The minimum atomic E-state index is -1.09. The van der Waals surface area contributed by atoms with Crippen LogP contribution in [0.1, 0.15) is 54.0 Å². The predicted molar refractivity (Wildman–Crippen MR) is 188 cm³/mol. The average Bonchev–Trinajstić information content (AvgIpc) is 3.11. The maximum atomic E-state index is 13.7. The number of alkyl carbamates (subject to hydrolysis) is 2. The van der Waals surface area contributed by atoms with Crippen LogP contribution in [0.4, 0.5) is 9.59 Å². The summed E-state index contributed by atoms with van der Waals surface area (Å²) in [7, 11) is 0. The number of hydrogen-bond donors (Lipinski definition) is 4. The molecule has 264 valence electrons. The summed E-state index contributed by atoms with van der Waals surface area (Å²) in [6, 6.07) is 20.4. The number of ether oxygens (including phenoxy) is 2. The van der Waals surface area contributed by atoms with E-state index < -0.39 is 42.3 Å². The molecule has 0 radical (unpaired) electrons. The normalized spacial score (nSPS) is 13.4. The first-order valence-corrected chi connectivity index (χ1v) is 16.7. The van der Waals surface area contributed by atoms with Gasteiger partial charge in [-0.2, -0.15) is 0 Å². The average molecular weight is 683 g/mol. The van der Waals surface area contributed by atoms with Crippen molar-refractivity contribution in [3.63, 3.8) is 0 Å². The lowest BCUT2D eigenvalue weighted by atomic mass is 9.93. The fourth-order valence-electron chi connectivity index (χ4n) is 5.31. The number of benzene rings is 2. The lowest BCUT2D eigenvalue weighted by molar-refractivity contribution is -0.125. The first kappa shape index (κ1) is 37.5. The first-order valence-electron chi connectivity index (χ1n) is 16.7. The van der Waals surface area contributed by atoms with Gasteiger partial charge in [0, 0.05) is 24.0 Å². The maximum Gasteiger partial charge on any atom is 0.408 e. The van der Waals surface area contributed by atoms with Crippen LogP contribution in [0.25, 0.3) is 0 Å². The van der Waals surface area contributed by atoms with Crippen molar-refractivity contribution in [1.29, 1.82) is 0 Å². The van der Waals surface area contributed by atoms with Crippen molar-refractivity contribution in [2.24, 2.45) is 5.92 Å². The summed E-state index contributed by atoms with van der Waals surface area (Å²) in [5.74, 6) is -0.785. The number of aliphatic hydroxyl groups is 1. The topological polar surface area (TPSA) is 165 Å². The van der Waals surface area contributed by atoms with Gasteiger partial charge in [0.25, 0.3) is 0 Å². The standard InChI is InChI=1S/C38H46N6O6/c1-25(2)35(44-38(48)50-24-32-22-40-26(3)27(4)41-32)36(46)43-33(19-29-14-9-6-10-15-29)34(45)20-31(18-28-12-7-5-8-13-28)42-37(47)49-23-30-16-11-17-39-21-30/h5-17,21-22,25,31,33-35,45H,18-20,23-24H2,1-4H3,(H,42,47)(H,43,46)(H,44,48)/t31-,33-,34-,35-/m0/s1. The zero-order valence-corrected chi connectivity index (χ0v) is 28.9. The summed E-state index contributed by atoms with van der Waals surface area (Å²) >= 11 is 0. The van der Waals surface area contributed by atoms with E-state index in [0.29, 0.717) is 18.5 Å². The van der Waals surface area contributed by atoms with E-state index in [1.807, 2.05) is 74.5 Å². The number of aliphatic hydroxyl groups excluding tert-OH is 1. The molecule has 0 fully saturated rings. The number of hydrogen-bond acceptors (Lipinski definition) is 9. The molecule has 0 aliphatic rings. The number of aromatic nitrogens is 3. The van der Waals surface area contributed by atoms with Crippen LogP contribution in [0.5, 0.6) is 0 Å². The number of carbonyl (C=O) groups excluding carboxylic acids is 3. The minimum Gasteiger partial charge on any atom is -0.445 e. The highest BCUT2D eigenvalue weighted by molar-refractivity contribution is 5.86. The van der Waals surface area contributed by atoms with E-state index in [9.17, 15) is 19.5 Å². The molecule has 3 amide bonds. The Kier molecular flexibility index (Phi) is 14.2. The van der Waals surface area contributed by atoms with Crippen molar-refractivity contribution in [2.45, 2.75) is 84.4 Å². The molecule has 12 heteroatoms. The molecule has 0 bridgehead atoms. The third kappa shape index (κ3) is 12.3. The largest absolute Gasteiger partial charge is 0.445 e. The molecule has 4 atom stereocenters. The summed E-state index contributed by atoms with van der Waals surface area (Å²) < 4.78 is 10.8. The Morgan fingerprint density at radius 1 is 0.740 bits per heavy atom. The summed E-state index contributed by atoms with van der Waals surface area (Å²) in [6.45, 7) is 7.20. The first-order chi connectivity index (χ1) is 24.1. The third-order valence-electron chi connectivity index (χ3n) is 8.17. The van der Waals surface area contributed by atoms with Gasteiger partial charge >= 0.3 is 12.2 Å². The van der Waals surface area contributed by atoms with Gasteiger partial charge in [0.1, 0.15) is 19.3 Å². The second-order valence-corrected chi connectivity index (χ2v) is 12.6. The highest BCUT2D eigenvalue weighted by Gasteiger charge is 2.31. The van der Waals surface area contributed by atoms with Crippen molar-refractivity contribution >= 4 is 18.1 Å². The molecule has 0 unspecified atom stereocenters. The van der Waals surface area contributed by atoms with Crippen LogP contribution < -0.4 is 16.0 Å². The monoisotopic (exact) mass is 682 g/mol. The minimum absolute atomic E-state index is 0.0387.